The smallest absolute Gasteiger partial charge is 0.191 e. The summed E-state index contributed by atoms with van der Waals surface area (Å²) in [5.74, 6) is 0.823. The Kier molecular flexibility index (Phi) is 7.49. The van der Waals surface area contributed by atoms with E-state index in [9.17, 15) is 0 Å². The molecule has 0 radical (unpaired) electrons. The van der Waals surface area contributed by atoms with Gasteiger partial charge in [-0.1, -0.05) is 6.07 Å². The first-order chi connectivity index (χ1) is 8.88. The second kappa shape index (κ2) is 8.92. The Hall–Kier alpha value is -1.09. The van der Waals surface area contributed by atoms with E-state index in [2.05, 4.69) is 38.1 Å². The molecule has 0 aliphatic rings. The monoisotopic (exact) mass is 391 g/mol. The van der Waals surface area contributed by atoms with Crippen LogP contribution in [0.2, 0.25) is 0 Å². The van der Waals surface area contributed by atoms with Crippen LogP contribution in [0, 0.1) is 0 Å². The third kappa shape index (κ3) is 5.60. The number of guanidine groups is 1. The van der Waals surface area contributed by atoms with Gasteiger partial charge >= 0.3 is 0 Å². The second-order valence-corrected chi connectivity index (χ2v) is 4.76. The Labute approximate surface area is 134 Å². The van der Waals surface area contributed by atoms with Gasteiger partial charge in [-0.25, -0.2) is 4.98 Å². The Morgan fingerprint density at radius 2 is 2.37 bits per heavy atom. The zero-order valence-corrected chi connectivity index (χ0v) is 13.9. The number of halogens is 1. The summed E-state index contributed by atoms with van der Waals surface area (Å²) in [4.78, 5) is 9.48. The molecule has 2 heterocycles. The third-order valence-electron chi connectivity index (χ3n) is 2.46. The van der Waals surface area contributed by atoms with E-state index in [4.69, 9.17) is 0 Å². The quantitative estimate of drug-likeness (QED) is 0.465. The Morgan fingerprint density at radius 1 is 1.47 bits per heavy atom. The molecule has 0 fully saturated rings. The van der Waals surface area contributed by atoms with Gasteiger partial charge in [-0.2, -0.15) is 0 Å². The first kappa shape index (κ1) is 16.0. The Balaban J connectivity index is 0.00000180. The largest absolute Gasteiger partial charge is 0.355 e. The highest BCUT2D eigenvalue weighted by atomic mass is 127. The highest BCUT2D eigenvalue weighted by Crippen LogP contribution is 2.06. The van der Waals surface area contributed by atoms with Gasteiger partial charge in [0, 0.05) is 37.4 Å². The summed E-state index contributed by atoms with van der Waals surface area (Å²) in [7, 11) is 1.78. The minimum atomic E-state index is 0. The topological polar surface area (TPSA) is 54.2 Å². The van der Waals surface area contributed by atoms with Crippen molar-refractivity contribution in [3.05, 3.63) is 41.1 Å². The van der Waals surface area contributed by atoms with Crippen LogP contribution in [-0.2, 0) is 13.1 Å². The Morgan fingerprint density at radius 3 is 3.00 bits per heavy atom. The standard InChI is InChI=1S/C12H17N5S.HI/c1-13-12(16-9-11-3-2-8-18-11)15-5-7-17-6-4-14-10-17;/h2-4,6,8,10H,5,7,9H2,1H3,(H2,13,15,16);1H. The molecule has 104 valence electrons. The maximum absolute atomic E-state index is 4.18. The first-order valence-electron chi connectivity index (χ1n) is 5.81. The van der Waals surface area contributed by atoms with E-state index >= 15 is 0 Å². The maximum atomic E-state index is 4.18. The minimum absolute atomic E-state index is 0. The summed E-state index contributed by atoms with van der Waals surface area (Å²) in [5.41, 5.74) is 0. The molecule has 0 aliphatic carbocycles. The van der Waals surface area contributed by atoms with Crippen LogP contribution in [0.3, 0.4) is 0 Å². The van der Waals surface area contributed by atoms with Crippen LogP contribution in [0.1, 0.15) is 4.88 Å². The van der Waals surface area contributed by atoms with Crippen molar-refractivity contribution >= 4 is 41.3 Å². The van der Waals surface area contributed by atoms with Crippen LogP contribution in [0.25, 0.3) is 0 Å². The fraction of sp³-hybridized carbons (Fsp3) is 0.333. The molecule has 2 aromatic rings. The van der Waals surface area contributed by atoms with Crippen molar-refractivity contribution < 1.29 is 0 Å². The van der Waals surface area contributed by atoms with E-state index in [-0.39, 0.29) is 24.0 Å². The normalized spacial score (nSPS) is 10.9. The van der Waals surface area contributed by atoms with Crippen LogP contribution in [0.15, 0.2) is 41.2 Å². The summed E-state index contributed by atoms with van der Waals surface area (Å²) < 4.78 is 2.03. The molecule has 0 aliphatic heterocycles. The molecule has 2 aromatic heterocycles. The number of nitrogens with one attached hydrogen (secondary N) is 2. The second-order valence-electron chi connectivity index (χ2n) is 3.73. The number of aromatic nitrogens is 2. The zero-order valence-electron chi connectivity index (χ0n) is 10.7. The molecule has 2 rings (SSSR count). The average Bonchev–Trinajstić information content (AvgIpc) is 3.06. The summed E-state index contributed by atoms with van der Waals surface area (Å²) >= 11 is 1.74. The lowest BCUT2D eigenvalue weighted by molar-refractivity contribution is 0.662. The number of nitrogens with zero attached hydrogens (tertiary/aromatic N) is 3. The van der Waals surface area contributed by atoms with E-state index in [1.165, 1.54) is 4.88 Å². The van der Waals surface area contributed by atoms with E-state index in [0.717, 1.165) is 25.6 Å². The van der Waals surface area contributed by atoms with Gasteiger partial charge < -0.3 is 15.2 Å². The van der Waals surface area contributed by atoms with Crippen LogP contribution < -0.4 is 10.6 Å². The summed E-state index contributed by atoms with van der Waals surface area (Å²) in [5, 5.41) is 8.62. The fourth-order valence-electron chi connectivity index (χ4n) is 1.53. The highest BCUT2D eigenvalue weighted by molar-refractivity contribution is 14.0. The molecule has 0 atom stereocenters. The minimum Gasteiger partial charge on any atom is -0.355 e. The van der Waals surface area contributed by atoms with Gasteiger partial charge in [0.1, 0.15) is 0 Å². The van der Waals surface area contributed by atoms with Crippen LogP contribution in [-0.4, -0.2) is 29.1 Å². The van der Waals surface area contributed by atoms with Crippen LogP contribution in [0.4, 0.5) is 0 Å². The summed E-state index contributed by atoms with van der Waals surface area (Å²) in [6.45, 7) is 2.50. The lowest BCUT2D eigenvalue weighted by Crippen LogP contribution is -2.38. The molecule has 0 aromatic carbocycles. The predicted molar refractivity (Wildman–Crippen MR) is 90.2 cm³/mol. The van der Waals surface area contributed by atoms with Crippen molar-refractivity contribution in [2.24, 2.45) is 4.99 Å². The first-order valence-corrected chi connectivity index (χ1v) is 6.69. The molecule has 0 amide bonds. The number of hydrogen-bond acceptors (Lipinski definition) is 3. The SMILES string of the molecule is CN=C(NCCn1ccnc1)NCc1cccs1.I. The molecular formula is C12H18IN5S. The van der Waals surface area contributed by atoms with Gasteiger partial charge in [0.05, 0.1) is 12.9 Å². The summed E-state index contributed by atoms with van der Waals surface area (Å²) in [6, 6.07) is 4.16. The molecular weight excluding hydrogens is 373 g/mol. The molecule has 7 heteroatoms. The van der Waals surface area contributed by atoms with Crippen molar-refractivity contribution in [3.8, 4) is 0 Å². The van der Waals surface area contributed by atoms with E-state index in [0.29, 0.717) is 0 Å². The van der Waals surface area contributed by atoms with Gasteiger partial charge in [-0.15, -0.1) is 35.3 Å². The van der Waals surface area contributed by atoms with Crippen molar-refractivity contribution in [3.63, 3.8) is 0 Å². The van der Waals surface area contributed by atoms with E-state index in [1.54, 1.807) is 24.6 Å². The highest BCUT2D eigenvalue weighted by Gasteiger charge is 1.98. The number of rotatable bonds is 5. The van der Waals surface area contributed by atoms with E-state index in [1.807, 2.05) is 17.1 Å². The lowest BCUT2D eigenvalue weighted by atomic mass is 10.4. The lowest BCUT2D eigenvalue weighted by Gasteiger charge is -2.11. The molecule has 0 spiro atoms. The summed E-state index contributed by atoms with van der Waals surface area (Å²) in [6.07, 6.45) is 5.54. The molecule has 2 N–H and O–H groups in total. The number of thiophene rings is 1. The molecule has 0 saturated carbocycles. The Bertz CT molecular complexity index is 466. The zero-order chi connectivity index (χ0) is 12.6. The molecule has 0 bridgehead atoms. The molecule has 0 saturated heterocycles. The third-order valence-corrected chi connectivity index (χ3v) is 3.33. The molecule has 19 heavy (non-hydrogen) atoms. The maximum Gasteiger partial charge on any atom is 0.191 e. The van der Waals surface area contributed by atoms with Gasteiger partial charge in [-0.05, 0) is 11.4 Å². The average molecular weight is 391 g/mol. The predicted octanol–water partition coefficient (Wildman–Crippen LogP) is 1.93. The van der Waals surface area contributed by atoms with Gasteiger partial charge in [0.15, 0.2) is 5.96 Å². The van der Waals surface area contributed by atoms with Gasteiger partial charge in [0.2, 0.25) is 0 Å². The van der Waals surface area contributed by atoms with Gasteiger partial charge in [-0.3, -0.25) is 4.99 Å². The van der Waals surface area contributed by atoms with Crippen molar-refractivity contribution in [2.45, 2.75) is 13.1 Å². The van der Waals surface area contributed by atoms with Crippen LogP contribution in [0.5, 0.6) is 0 Å². The number of aliphatic imine (C=N–C) groups is 1. The number of hydrogen-bond donors (Lipinski definition) is 2. The molecule has 0 unspecified atom stereocenters. The fourth-order valence-corrected chi connectivity index (χ4v) is 2.17. The number of imidazole rings is 1. The van der Waals surface area contributed by atoms with Crippen molar-refractivity contribution in [1.29, 1.82) is 0 Å². The van der Waals surface area contributed by atoms with Gasteiger partial charge in [0.25, 0.3) is 0 Å². The van der Waals surface area contributed by atoms with Crippen molar-refractivity contribution in [2.75, 3.05) is 13.6 Å². The van der Waals surface area contributed by atoms with E-state index < -0.39 is 0 Å². The molecule has 5 nitrogen and oxygen atoms in total. The van der Waals surface area contributed by atoms with Crippen molar-refractivity contribution in [1.82, 2.24) is 20.2 Å². The van der Waals surface area contributed by atoms with Crippen LogP contribution >= 0.6 is 35.3 Å².